The lowest BCUT2D eigenvalue weighted by Gasteiger charge is -2.03. The SMILES string of the molecule is CC(C)CCCC(=O)CCCCC[O]. The van der Waals surface area contributed by atoms with Gasteiger partial charge in [-0.15, -0.1) is 0 Å². The molecule has 0 fully saturated rings. The summed E-state index contributed by atoms with van der Waals surface area (Å²) >= 11 is 0. The molecule has 0 aliphatic rings. The summed E-state index contributed by atoms with van der Waals surface area (Å²) in [5.41, 5.74) is 0. The first-order valence-electron chi connectivity index (χ1n) is 5.76. The normalized spacial score (nSPS) is 10.9. The van der Waals surface area contributed by atoms with Gasteiger partial charge >= 0.3 is 0 Å². The lowest BCUT2D eigenvalue weighted by atomic mass is 10.0. The maximum atomic E-state index is 11.3. The van der Waals surface area contributed by atoms with E-state index in [9.17, 15) is 9.90 Å². The Hall–Kier alpha value is -0.370. The van der Waals surface area contributed by atoms with Crippen LogP contribution in [0.1, 0.15) is 58.8 Å². The highest BCUT2D eigenvalue weighted by atomic mass is 16.2. The van der Waals surface area contributed by atoms with Gasteiger partial charge in [0, 0.05) is 12.8 Å². The number of ketones is 1. The van der Waals surface area contributed by atoms with Crippen molar-refractivity contribution in [3.63, 3.8) is 0 Å². The van der Waals surface area contributed by atoms with Crippen LogP contribution in [0, 0.1) is 5.92 Å². The standard InChI is InChI=1S/C12H23O2/c1-11(2)7-6-9-12(14)8-4-3-5-10-13/h11H,3-10H2,1-2H3. The quantitative estimate of drug-likeness (QED) is 0.524. The van der Waals surface area contributed by atoms with Crippen LogP contribution in [0.25, 0.3) is 0 Å². The van der Waals surface area contributed by atoms with Crippen molar-refractivity contribution in [2.24, 2.45) is 5.92 Å². The third kappa shape index (κ3) is 9.72. The minimum absolute atomic E-state index is 0.00153. The van der Waals surface area contributed by atoms with Gasteiger partial charge in [-0.3, -0.25) is 4.79 Å². The minimum atomic E-state index is 0.00153. The average molecular weight is 199 g/mol. The van der Waals surface area contributed by atoms with Crippen LogP contribution in [0.15, 0.2) is 0 Å². The fraction of sp³-hybridized carbons (Fsp3) is 0.917. The largest absolute Gasteiger partial charge is 0.300 e. The molecular formula is C12H23O2. The van der Waals surface area contributed by atoms with Crippen molar-refractivity contribution in [1.29, 1.82) is 0 Å². The third-order valence-corrected chi connectivity index (χ3v) is 2.34. The topological polar surface area (TPSA) is 37.0 Å². The highest BCUT2D eigenvalue weighted by Gasteiger charge is 2.02. The Bertz CT molecular complexity index is 141. The van der Waals surface area contributed by atoms with E-state index in [2.05, 4.69) is 13.8 Å². The summed E-state index contributed by atoms with van der Waals surface area (Å²) in [6.45, 7) is 4.36. The van der Waals surface area contributed by atoms with Crippen molar-refractivity contribution in [3.8, 4) is 0 Å². The van der Waals surface area contributed by atoms with Crippen LogP contribution in [0.2, 0.25) is 0 Å². The molecular weight excluding hydrogens is 176 g/mol. The number of rotatable bonds is 9. The van der Waals surface area contributed by atoms with Crippen LogP contribution >= 0.6 is 0 Å². The van der Waals surface area contributed by atoms with E-state index in [0.29, 0.717) is 18.1 Å². The molecule has 83 valence electrons. The van der Waals surface area contributed by atoms with Crippen LogP contribution in [-0.2, 0) is 9.90 Å². The molecule has 0 amide bonds. The van der Waals surface area contributed by atoms with Gasteiger partial charge in [-0.1, -0.05) is 26.7 Å². The summed E-state index contributed by atoms with van der Waals surface area (Å²) < 4.78 is 0. The smallest absolute Gasteiger partial charge is 0.132 e. The molecule has 0 saturated carbocycles. The third-order valence-electron chi connectivity index (χ3n) is 2.34. The molecule has 0 aromatic heterocycles. The fourth-order valence-electron chi connectivity index (χ4n) is 1.43. The zero-order chi connectivity index (χ0) is 10.8. The van der Waals surface area contributed by atoms with E-state index in [1.165, 1.54) is 0 Å². The fourth-order valence-corrected chi connectivity index (χ4v) is 1.43. The highest BCUT2D eigenvalue weighted by Crippen LogP contribution is 2.09. The summed E-state index contributed by atoms with van der Waals surface area (Å²) in [5.74, 6) is 1.07. The first-order chi connectivity index (χ1) is 6.66. The number of carbonyl (C=O) groups excluding carboxylic acids is 1. The molecule has 0 aromatic carbocycles. The van der Waals surface area contributed by atoms with Gasteiger partial charge < -0.3 is 0 Å². The van der Waals surface area contributed by atoms with Crippen molar-refractivity contribution >= 4 is 5.78 Å². The Morgan fingerprint density at radius 1 is 1.00 bits per heavy atom. The Kier molecular flexibility index (Phi) is 8.95. The predicted molar refractivity (Wildman–Crippen MR) is 57.7 cm³/mol. The van der Waals surface area contributed by atoms with E-state index in [4.69, 9.17) is 0 Å². The number of hydrogen-bond acceptors (Lipinski definition) is 1. The van der Waals surface area contributed by atoms with E-state index >= 15 is 0 Å². The summed E-state index contributed by atoms with van der Waals surface area (Å²) in [6, 6.07) is 0. The number of carbonyl (C=O) groups is 1. The van der Waals surface area contributed by atoms with Gasteiger partial charge in [0.25, 0.3) is 0 Å². The van der Waals surface area contributed by atoms with E-state index in [0.717, 1.165) is 38.5 Å². The summed E-state index contributed by atoms with van der Waals surface area (Å²) in [7, 11) is 0. The molecule has 0 heterocycles. The van der Waals surface area contributed by atoms with Gasteiger partial charge in [-0.25, -0.2) is 5.11 Å². The van der Waals surface area contributed by atoms with Gasteiger partial charge in [0.1, 0.15) is 5.78 Å². The second-order valence-electron chi connectivity index (χ2n) is 4.34. The van der Waals surface area contributed by atoms with Gasteiger partial charge in [-0.2, -0.15) is 0 Å². The van der Waals surface area contributed by atoms with Gasteiger partial charge in [-0.05, 0) is 25.2 Å². The first kappa shape index (κ1) is 13.6. The maximum absolute atomic E-state index is 11.3. The minimum Gasteiger partial charge on any atom is -0.300 e. The molecule has 0 bridgehead atoms. The monoisotopic (exact) mass is 199 g/mol. The molecule has 1 radical (unpaired) electrons. The molecule has 0 spiro atoms. The van der Waals surface area contributed by atoms with Gasteiger partial charge in [0.15, 0.2) is 0 Å². The molecule has 0 atom stereocenters. The van der Waals surface area contributed by atoms with Crippen LogP contribution in [-0.4, -0.2) is 12.4 Å². The van der Waals surface area contributed by atoms with Crippen molar-refractivity contribution in [2.75, 3.05) is 6.61 Å². The van der Waals surface area contributed by atoms with Gasteiger partial charge in [0.05, 0.1) is 6.61 Å². The van der Waals surface area contributed by atoms with Crippen molar-refractivity contribution in [3.05, 3.63) is 0 Å². The van der Waals surface area contributed by atoms with Crippen molar-refractivity contribution in [1.82, 2.24) is 0 Å². The summed E-state index contributed by atoms with van der Waals surface area (Å²) in [6.07, 6.45) is 6.12. The van der Waals surface area contributed by atoms with Crippen LogP contribution in [0.4, 0.5) is 0 Å². The summed E-state index contributed by atoms with van der Waals surface area (Å²) in [4.78, 5) is 11.3. The zero-order valence-corrected chi connectivity index (χ0v) is 9.55. The van der Waals surface area contributed by atoms with Gasteiger partial charge in [0.2, 0.25) is 0 Å². The number of Topliss-reactive ketones (excluding diaryl/α,β-unsaturated/α-hetero) is 1. The lowest BCUT2D eigenvalue weighted by Crippen LogP contribution is -1.99. The molecule has 2 nitrogen and oxygen atoms in total. The van der Waals surface area contributed by atoms with E-state index in [1.54, 1.807) is 0 Å². The Morgan fingerprint density at radius 2 is 1.64 bits per heavy atom. The molecule has 14 heavy (non-hydrogen) atoms. The second-order valence-corrected chi connectivity index (χ2v) is 4.34. The van der Waals surface area contributed by atoms with Crippen molar-refractivity contribution in [2.45, 2.75) is 58.8 Å². The Balaban J connectivity index is 3.20. The average Bonchev–Trinajstić information content (AvgIpc) is 2.12. The molecule has 0 N–H and O–H groups in total. The molecule has 0 aromatic rings. The Labute approximate surface area is 87.7 Å². The zero-order valence-electron chi connectivity index (χ0n) is 9.55. The molecule has 0 aliphatic heterocycles. The molecule has 0 saturated heterocycles. The Morgan fingerprint density at radius 3 is 2.21 bits per heavy atom. The van der Waals surface area contributed by atoms with E-state index < -0.39 is 0 Å². The molecule has 2 heteroatoms. The van der Waals surface area contributed by atoms with Crippen molar-refractivity contribution < 1.29 is 9.90 Å². The first-order valence-corrected chi connectivity index (χ1v) is 5.76. The lowest BCUT2D eigenvalue weighted by molar-refractivity contribution is -0.119. The predicted octanol–water partition coefficient (Wildman–Crippen LogP) is 3.37. The molecule has 0 aliphatic carbocycles. The highest BCUT2D eigenvalue weighted by molar-refractivity contribution is 5.78. The van der Waals surface area contributed by atoms with E-state index in [-0.39, 0.29) is 6.61 Å². The number of hydrogen-bond donors (Lipinski definition) is 0. The maximum Gasteiger partial charge on any atom is 0.132 e. The summed E-state index contributed by atoms with van der Waals surface area (Å²) in [5, 5.41) is 10.1. The molecule has 0 rings (SSSR count). The van der Waals surface area contributed by atoms with Crippen LogP contribution in [0.5, 0.6) is 0 Å². The second kappa shape index (κ2) is 9.20. The van der Waals surface area contributed by atoms with Crippen LogP contribution < -0.4 is 0 Å². The number of unbranched alkanes of at least 4 members (excludes halogenated alkanes) is 2. The molecule has 0 unspecified atom stereocenters. The van der Waals surface area contributed by atoms with Crippen LogP contribution in [0.3, 0.4) is 0 Å². The van der Waals surface area contributed by atoms with E-state index in [1.807, 2.05) is 0 Å².